The number of benzene rings is 1. The van der Waals surface area contributed by atoms with E-state index in [9.17, 15) is 14.4 Å². The van der Waals surface area contributed by atoms with E-state index in [4.69, 9.17) is 0 Å². The molecule has 0 aliphatic rings. The first kappa shape index (κ1) is 14.6. The number of carbonyl (C=O) groups excluding carboxylic acids is 3. The van der Waals surface area contributed by atoms with Crippen LogP contribution in [-0.2, 0) is 4.74 Å². The molecule has 106 valence electrons. The summed E-state index contributed by atoms with van der Waals surface area (Å²) < 4.78 is 4.54. The summed E-state index contributed by atoms with van der Waals surface area (Å²) in [5, 5.41) is 0. The van der Waals surface area contributed by atoms with Crippen molar-refractivity contribution in [3.63, 3.8) is 0 Å². The van der Waals surface area contributed by atoms with Crippen molar-refractivity contribution in [2.24, 2.45) is 0 Å². The first-order valence-electron chi connectivity index (χ1n) is 6.28. The standard InChI is InChI=1S/C16H13NO4/c1-21-16(20)13-9-5-8-12(17-13)15(19)10-14(18)11-6-3-2-4-7-11/h2-9H,10H2,1H3. The summed E-state index contributed by atoms with van der Waals surface area (Å²) >= 11 is 0. The molecular formula is C16H13NO4. The van der Waals surface area contributed by atoms with Crippen molar-refractivity contribution in [2.75, 3.05) is 7.11 Å². The second-order valence-corrected chi connectivity index (χ2v) is 4.29. The lowest BCUT2D eigenvalue weighted by atomic mass is 10.0. The van der Waals surface area contributed by atoms with Gasteiger partial charge in [-0.3, -0.25) is 9.59 Å². The van der Waals surface area contributed by atoms with Crippen molar-refractivity contribution in [3.8, 4) is 0 Å². The number of esters is 1. The summed E-state index contributed by atoms with van der Waals surface area (Å²) in [6.45, 7) is 0. The molecule has 21 heavy (non-hydrogen) atoms. The number of ketones is 2. The van der Waals surface area contributed by atoms with Crippen molar-refractivity contribution >= 4 is 17.5 Å². The molecule has 2 aromatic rings. The van der Waals surface area contributed by atoms with Crippen LogP contribution < -0.4 is 0 Å². The lowest BCUT2D eigenvalue weighted by Crippen LogP contribution is -2.12. The highest BCUT2D eigenvalue weighted by Gasteiger charge is 2.16. The lowest BCUT2D eigenvalue weighted by Gasteiger charge is -2.03. The fraction of sp³-hybridized carbons (Fsp3) is 0.125. The summed E-state index contributed by atoms with van der Waals surface area (Å²) in [6.07, 6.45) is -0.290. The average Bonchev–Trinajstić information content (AvgIpc) is 2.55. The van der Waals surface area contributed by atoms with Crippen LogP contribution >= 0.6 is 0 Å². The van der Waals surface area contributed by atoms with Gasteiger partial charge in [0.05, 0.1) is 13.5 Å². The van der Waals surface area contributed by atoms with Gasteiger partial charge in [0.1, 0.15) is 11.4 Å². The van der Waals surface area contributed by atoms with E-state index in [1.54, 1.807) is 30.3 Å². The van der Waals surface area contributed by atoms with Crippen LogP contribution in [0.1, 0.15) is 37.8 Å². The van der Waals surface area contributed by atoms with Crippen molar-refractivity contribution in [1.29, 1.82) is 0 Å². The third-order valence-electron chi connectivity index (χ3n) is 2.85. The number of rotatable bonds is 5. The highest BCUT2D eigenvalue weighted by Crippen LogP contribution is 2.08. The van der Waals surface area contributed by atoms with Crippen LogP contribution in [0.4, 0.5) is 0 Å². The summed E-state index contributed by atoms with van der Waals surface area (Å²) in [5.41, 5.74) is 0.577. The highest BCUT2D eigenvalue weighted by molar-refractivity contribution is 6.13. The van der Waals surface area contributed by atoms with Crippen molar-refractivity contribution in [1.82, 2.24) is 4.98 Å². The smallest absolute Gasteiger partial charge is 0.356 e. The van der Waals surface area contributed by atoms with Gasteiger partial charge >= 0.3 is 5.97 Å². The maximum Gasteiger partial charge on any atom is 0.356 e. The molecule has 0 saturated carbocycles. The Morgan fingerprint density at radius 3 is 2.24 bits per heavy atom. The van der Waals surface area contributed by atoms with Gasteiger partial charge in [0, 0.05) is 5.56 Å². The van der Waals surface area contributed by atoms with Gasteiger partial charge in [-0.1, -0.05) is 36.4 Å². The second kappa shape index (κ2) is 6.56. The quantitative estimate of drug-likeness (QED) is 0.478. The molecule has 0 spiro atoms. The van der Waals surface area contributed by atoms with Crippen LogP contribution in [0, 0.1) is 0 Å². The topological polar surface area (TPSA) is 73.3 Å². The van der Waals surface area contributed by atoms with Crippen LogP contribution in [0.5, 0.6) is 0 Å². The molecule has 0 N–H and O–H groups in total. The Balaban J connectivity index is 2.14. The van der Waals surface area contributed by atoms with E-state index in [1.807, 2.05) is 0 Å². The van der Waals surface area contributed by atoms with Gasteiger partial charge < -0.3 is 4.74 Å². The molecule has 5 nitrogen and oxygen atoms in total. The number of methoxy groups -OCH3 is 1. The van der Waals surface area contributed by atoms with E-state index in [-0.39, 0.29) is 23.6 Å². The Morgan fingerprint density at radius 2 is 1.57 bits per heavy atom. The fourth-order valence-electron chi connectivity index (χ4n) is 1.77. The van der Waals surface area contributed by atoms with Crippen LogP contribution in [-0.4, -0.2) is 29.6 Å². The summed E-state index contributed by atoms with van der Waals surface area (Å²) in [6, 6.07) is 13.0. The molecular weight excluding hydrogens is 270 g/mol. The van der Waals surface area contributed by atoms with Gasteiger partial charge in [0.2, 0.25) is 0 Å². The Bertz CT molecular complexity index is 680. The van der Waals surface area contributed by atoms with Gasteiger partial charge in [-0.15, -0.1) is 0 Å². The first-order valence-corrected chi connectivity index (χ1v) is 6.28. The zero-order chi connectivity index (χ0) is 15.2. The largest absolute Gasteiger partial charge is 0.464 e. The number of carbonyl (C=O) groups is 3. The predicted molar refractivity (Wildman–Crippen MR) is 75.3 cm³/mol. The zero-order valence-electron chi connectivity index (χ0n) is 11.4. The molecule has 0 radical (unpaired) electrons. The lowest BCUT2D eigenvalue weighted by molar-refractivity contribution is 0.0594. The SMILES string of the molecule is COC(=O)c1cccc(C(=O)CC(=O)c2ccccc2)n1. The van der Waals surface area contributed by atoms with E-state index < -0.39 is 11.8 Å². The maximum absolute atomic E-state index is 12.1. The zero-order valence-corrected chi connectivity index (χ0v) is 11.4. The molecule has 0 fully saturated rings. The number of pyridine rings is 1. The number of ether oxygens (including phenoxy) is 1. The summed E-state index contributed by atoms with van der Waals surface area (Å²) in [4.78, 5) is 39.3. The number of aromatic nitrogens is 1. The van der Waals surface area contributed by atoms with Crippen LogP contribution in [0.2, 0.25) is 0 Å². The van der Waals surface area contributed by atoms with Gasteiger partial charge in [-0.2, -0.15) is 0 Å². The molecule has 0 unspecified atom stereocenters. The summed E-state index contributed by atoms with van der Waals surface area (Å²) in [5.74, 6) is -1.35. The van der Waals surface area contributed by atoms with Crippen LogP contribution in [0.3, 0.4) is 0 Å². The molecule has 0 aliphatic carbocycles. The molecule has 0 bridgehead atoms. The third kappa shape index (κ3) is 3.60. The second-order valence-electron chi connectivity index (χ2n) is 4.29. The minimum Gasteiger partial charge on any atom is -0.464 e. The first-order chi connectivity index (χ1) is 10.1. The number of nitrogens with zero attached hydrogens (tertiary/aromatic N) is 1. The molecule has 1 aromatic heterocycles. The van der Waals surface area contributed by atoms with Gasteiger partial charge in [0.15, 0.2) is 11.6 Å². The Labute approximate surface area is 121 Å². The van der Waals surface area contributed by atoms with Crippen molar-refractivity contribution in [3.05, 3.63) is 65.5 Å². The van der Waals surface area contributed by atoms with E-state index in [2.05, 4.69) is 9.72 Å². The normalized spacial score (nSPS) is 9.95. The van der Waals surface area contributed by atoms with Crippen molar-refractivity contribution in [2.45, 2.75) is 6.42 Å². The van der Waals surface area contributed by atoms with Gasteiger partial charge in [-0.25, -0.2) is 9.78 Å². The Hall–Kier alpha value is -2.82. The number of Topliss-reactive ketones (excluding diaryl/α,β-unsaturated/α-hetero) is 2. The molecule has 5 heteroatoms. The fourth-order valence-corrected chi connectivity index (χ4v) is 1.77. The van der Waals surface area contributed by atoms with Crippen LogP contribution in [0.25, 0.3) is 0 Å². The summed E-state index contributed by atoms with van der Waals surface area (Å²) in [7, 11) is 1.23. The highest BCUT2D eigenvalue weighted by atomic mass is 16.5. The maximum atomic E-state index is 12.1. The molecule has 0 amide bonds. The van der Waals surface area contributed by atoms with E-state index in [0.717, 1.165) is 0 Å². The molecule has 1 aromatic carbocycles. The van der Waals surface area contributed by atoms with E-state index in [0.29, 0.717) is 5.56 Å². The average molecular weight is 283 g/mol. The Kier molecular flexibility index (Phi) is 4.56. The minimum absolute atomic E-state index is 0.0375. The van der Waals surface area contributed by atoms with Gasteiger partial charge in [0.25, 0.3) is 0 Å². The van der Waals surface area contributed by atoms with Gasteiger partial charge in [-0.05, 0) is 12.1 Å². The molecule has 1 heterocycles. The Morgan fingerprint density at radius 1 is 0.905 bits per heavy atom. The number of hydrogen-bond acceptors (Lipinski definition) is 5. The monoisotopic (exact) mass is 283 g/mol. The minimum atomic E-state index is -0.626. The van der Waals surface area contributed by atoms with Crippen LogP contribution in [0.15, 0.2) is 48.5 Å². The molecule has 0 atom stereocenters. The molecule has 0 saturated heterocycles. The molecule has 0 aliphatic heterocycles. The van der Waals surface area contributed by atoms with E-state index >= 15 is 0 Å². The number of hydrogen-bond donors (Lipinski definition) is 0. The molecule has 2 rings (SSSR count). The predicted octanol–water partition coefficient (Wildman–Crippen LogP) is 2.32. The van der Waals surface area contributed by atoms with Crippen molar-refractivity contribution < 1.29 is 19.1 Å². The van der Waals surface area contributed by atoms with E-state index in [1.165, 1.54) is 25.3 Å². The third-order valence-corrected chi connectivity index (χ3v) is 2.85.